The number of anilines is 1. The van der Waals surface area contributed by atoms with E-state index in [1.54, 1.807) is 12.1 Å². The van der Waals surface area contributed by atoms with Crippen molar-refractivity contribution >= 4 is 23.4 Å². The second-order valence-corrected chi connectivity index (χ2v) is 5.72. The van der Waals surface area contributed by atoms with Crippen LogP contribution in [0.4, 0.5) is 5.69 Å². The summed E-state index contributed by atoms with van der Waals surface area (Å²) in [6, 6.07) is 16.9. The highest BCUT2D eigenvalue weighted by Crippen LogP contribution is 2.28. The number of carboxylic acid groups (broad SMARTS) is 1. The Morgan fingerprint density at radius 2 is 1.78 bits per heavy atom. The second-order valence-electron chi connectivity index (χ2n) is 4.78. The third kappa shape index (κ3) is 3.35. The van der Waals surface area contributed by atoms with E-state index in [4.69, 9.17) is 10.8 Å². The van der Waals surface area contributed by atoms with E-state index in [1.165, 1.54) is 0 Å². The van der Waals surface area contributed by atoms with Crippen molar-refractivity contribution in [2.24, 2.45) is 0 Å². The maximum absolute atomic E-state index is 10.8. The number of carbonyl (C=O) groups is 1. The molecule has 1 heterocycles. The third-order valence-corrected chi connectivity index (χ3v) is 4.06. The molecule has 3 N–H and O–H groups in total. The van der Waals surface area contributed by atoms with Gasteiger partial charge in [0.2, 0.25) is 0 Å². The molecule has 0 aliphatic carbocycles. The highest BCUT2D eigenvalue weighted by molar-refractivity contribution is 7.99. The van der Waals surface area contributed by atoms with Crippen molar-refractivity contribution < 1.29 is 9.90 Å². The summed E-state index contributed by atoms with van der Waals surface area (Å²) >= 11 is 1.13. The van der Waals surface area contributed by atoms with Gasteiger partial charge in [-0.3, -0.25) is 9.36 Å². The topological polar surface area (TPSA) is 94.0 Å². The maximum atomic E-state index is 10.8. The minimum Gasteiger partial charge on any atom is -0.481 e. The van der Waals surface area contributed by atoms with Crippen LogP contribution in [0.2, 0.25) is 0 Å². The van der Waals surface area contributed by atoms with Gasteiger partial charge in [0, 0.05) is 16.9 Å². The lowest BCUT2D eigenvalue weighted by Gasteiger charge is -2.09. The number of thioether (sulfide) groups is 1. The normalized spacial score (nSPS) is 10.6. The Kier molecular flexibility index (Phi) is 4.29. The number of nitrogens with zero attached hydrogens (tertiary/aromatic N) is 3. The molecule has 0 aliphatic heterocycles. The number of carboxylic acids is 1. The van der Waals surface area contributed by atoms with Gasteiger partial charge in [-0.05, 0) is 36.4 Å². The lowest BCUT2D eigenvalue weighted by molar-refractivity contribution is -0.133. The summed E-state index contributed by atoms with van der Waals surface area (Å²) < 4.78 is 1.85. The van der Waals surface area contributed by atoms with Crippen LogP contribution in [-0.4, -0.2) is 31.6 Å². The largest absolute Gasteiger partial charge is 0.481 e. The zero-order valence-corrected chi connectivity index (χ0v) is 12.9. The van der Waals surface area contributed by atoms with E-state index in [2.05, 4.69) is 10.2 Å². The Morgan fingerprint density at radius 3 is 2.43 bits per heavy atom. The van der Waals surface area contributed by atoms with Gasteiger partial charge in [0.1, 0.15) is 0 Å². The van der Waals surface area contributed by atoms with Gasteiger partial charge < -0.3 is 10.8 Å². The highest BCUT2D eigenvalue weighted by Gasteiger charge is 2.16. The molecule has 116 valence electrons. The molecule has 3 rings (SSSR count). The van der Waals surface area contributed by atoms with Crippen LogP contribution in [0.1, 0.15) is 0 Å². The summed E-state index contributed by atoms with van der Waals surface area (Å²) in [6.07, 6.45) is 0. The first-order chi connectivity index (χ1) is 11.1. The molecule has 0 spiro atoms. The fraction of sp³-hybridized carbons (Fsp3) is 0.0625. The maximum Gasteiger partial charge on any atom is 0.313 e. The van der Waals surface area contributed by atoms with Gasteiger partial charge in [-0.15, -0.1) is 10.2 Å². The van der Waals surface area contributed by atoms with Crippen molar-refractivity contribution in [3.05, 3.63) is 54.6 Å². The first kappa shape index (κ1) is 15.1. The van der Waals surface area contributed by atoms with Gasteiger partial charge in [0.25, 0.3) is 0 Å². The number of benzene rings is 2. The second kappa shape index (κ2) is 6.53. The smallest absolute Gasteiger partial charge is 0.313 e. The quantitative estimate of drug-likeness (QED) is 0.553. The lowest BCUT2D eigenvalue weighted by Crippen LogP contribution is -2.03. The number of para-hydroxylation sites is 1. The monoisotopic (exact) mass is 326 g/mol. The van der Waals surface area contributed by atoms with Crippen LogP contribution in [0.5, 0.6) is 0 Å². The Bertz CT molecular complexity index is 816. The van der Waals surface area contributed by atoms with Crippen molar-refractivity contribution in [3.63, 3.8) is 0 Å². The Labute approximate surface area is 137 Å². The average molecular weight is 326 g/mol. The summed E-state index contributed by atoms with van der Waals surface area (Å²) in [6.45, 7) is 0. The van der Waals surface area contributed by atoms with E-state index < -0.39 is 5.97 Å². The fourth-order valence-corrected chi connectivity index (χ4v) is 2.79. The predicted octanol–water partition coefficient (Wildman–Crippen LogP) is 2.69. The van der Waals surface area contributed by atoms with Crippen molar-refractivity contribution in [1.82, 2.24) is 14.8 Å². The van der Waals surface area contributed by atoms with Crippen molar-refractivity contribution in [1.29, 1.82) is 0 Å². The molecule has 0 radical (unpaired) electrons. The first-order valence-electron chi connectivity index (χ1n) is 6.86. The number of rotatable bonds is 5. The molecule has 0 bridgehead atoms. The molecule has 23 heavy (non-hydrogen) atoms. The molecule has 7 heteroatoms. The highest BCUT2D eigenvalue weighted by atomic mass is 32.2. The van der Waals surface area contributed by atoms with Crippen LogP contribution in [-0.2, 0) is 4.79 Å². The van der Waals surface area contributed by atoms with E-state index in [0.717, 1.165) is 23.0 Å². The molecule has 0 saturated carbocycles. The molecule has 0 fully saturated rings. The van der Waals surface area contributed by atoms with Gasteiger partial charge in [-0.2, -0.15) is 0 Å². The molecule has 6 nitrogen and oxygen atoms in total. The molecular weight excluding hydrogens is 312 g/mol. The standard InChI is InChI=1S/C16H14N4O2S/c17-12-8-6-11(7-9-12)15-18-19-16(23-10-14(21)22)20(15)13-4-2-1-3-5-13/h1-9H,10,17H2,(H,21,22). The van der Waals surface area contributed by atoms with Crippen molar-refractivity contribution in [3.8, 4) is 17.1 Å². The molecule has 2 aromatic carbocycles. The summed E-state index contributed by atoms with van der Waals surface area (Å²) in [5.41, 5.74) is 8.13. The number of aliphatic carboxylic acids is 1. The SMILES string of the molecule is Nc1ccc(-c2nnc(SCC(=O)O)n2-c2ccccc2)cc1. The van der Waals surface area contributed by atoms with E-state index in [0.29, 0.717) is 16.7 Å². The molecule has 0 atom stereocenters. The van der Waals surface area contributed by atoms with Crippen LogP contribution < -0.4 is 5.73 Å². The Hall–Kier alpha value is -2.80. The van der Waals surface area contributed by atoms with E-state index in [-0.39, 0.29) is 5.75 Å². The van der Waals surface area contributed by atoms with Crippen molar-refractivity contribution in [2.75, 3.05) is 11.5 Å². The fourth-order valence-electron chi connectivity index (χ4n) is 2.12. The van der Waals surface area contributed by atoms with Gasteiger partial charge in [-0.1, -0.05) is 30.0 Å². The van der Waals surface area contributed by atoms with Gasteiger partial charge >= 0.3 is 5.97 Å². The summed E-state index contributed by atoms with van der Waals surface area (Å²) in [5, 5.41) is 17.8. The Balaban J connectivity index is 2.09. The number of nitrogen functional groups attached to an aromatic ring is 1. The zero-order chi connectivity index (χ0) is 16.2. The lowest BCUT2D eigenvalue weighted by atomic mass is 10.2. The first-order valence-corrected chi connectivity index (χ1v) is 7.85. The molecule has 0 unspecified atom stereocenters. The minimum absolute atomic E-state index is 0.0767. The molecule has 0 aliphatic rings. The van der Waals surface area contributed by atoms with E-state index in [9.17, 15) is 4.79 Å². The van der Waals surface area contributed by atoms with Gasteiger partial charge in [0.15, 0.2) is 11.0 Å². The molecule has 0 saturated heterocycles. The summed E-state index contributed by atoms with van der Waals surface area (Å²) in [7, 11) is 0. The van der Waals surface area contributed by atoms with Crippen LogP contribution in [0.3, 0.4) is 0 Å². The molecule has 1 aromatic heterocycles. The van der Waals surface area contributed by atoms with Crippen LogP contribution in [0.25, 0.3) is 17.1 Å². The number of nitrogens with two attached hydrogens (primary N) is 1. The third-order valence-electron chi connectivity index (χ3n) is 3.14. The number of aromatic nitrogens is 3. The van der Waals surface area contributed by atoms with Crippen LogP contribution in [0.15, 0.2) is 59.8 Å². The molecule has 3 aromatic rings. The summed E-state index contributed by atoms with van der Waals surface area (Å²) in [5.74, 6) is -0.331. The predicted molar refractivity (Wildman–Crippen MR) is 89.6 cm³/mol. The number of hydrogen-bond donors (Lipinski definition) is 2. The van der Waals surface area contributed by atoms with E-state index >= 15 is 0 Å². The van der Waals surface area contributed by atoms with Gasteiger partial charge in [-0.25, -0.2) is 0 Å². The Morgan fingerprint density at radius 1 is 1.09 bits per heavy atom. The van der Waals surface area contributed by atoms with Crippen LogP contribution in [0, 0.1) is 0 Å². The average Bonchev–Trinajstić information content (AvgIpc) is 2.98. The van der Waals surface area contributed by atoms with Crippen molar-refractivity contribution in [2.45, 2.75) is 5.16 Å². The molecular formula is C16H14N4O2S. The van der Waals surface area contributed by atoms with E-state index in [1.807, 2.05) is 47.0 Å². The van der Waals surface area contributed by atoms with Gasteiger partial charge in [0.05, 0.1) is 5.75 Å². The number of hydrogen-bond acceptors (Lipinski definition) is 5. The zero-order valence-electron chi connectivity index (χ0n) is 12.1. The summed E-state index contributed by atoms with van der Waals surface area (Å²) in [4.78, 5) is 10.8. The minimum atomic E-state index is -0.897. The molecule has 0 amide bonds. The van der Waals surface area contributed by atoms with Crippen LogP contribution >= 0.6 is 11.8 Å².